The lowest BCUT2D eigenvalue weighted by Crippen LogP contribution is -2.44. The summed E-state index contributed by atoms with van der Waals surface area (Å²) < 4.78 is 0. The number of hydrogen-bond acceptors (Lipinski definition) is 3. The number of nitrogens with one attached hydrogen (secondary N) is 1. The van der Waals surface area contributed by atoms with Crippen molar-refractivity contribution in [3.05, 3.63) is 29.8 Å². The van der Waals surface area contributed by atoms with Gasteiger partial charge < -0.3 is 10.2 Å². The Morgan fingerprint density at radius 2 is 2.05 bits per heavy atom. The quantitative estimate of drug-likeness (QED) is 0.830. The molecule has 4 heteroatoms. The standard InChI is InChI=1S/C15H22N2OS/c1-2-9-17-10-7-12(8-11-17)16-15(18)13-5-3-4-6-14(13)19/h3-6,12,19H,2,7-11H2,1H3,(H,16,18). The zero-order chi connectivity index (χ0) is 13.7. The molecule has 104 valence electrons. The molecule has 2 rings (SSSR count). The molecule has 0 saturated carbocycles. The molecule has 1 aliphatic rings. The highest BCUT2D eigenvalue weighted by atomic mass is 32.1. The third kappa shape index (κ3) is 3.98. The number of nitrogens with zero attached hydrogens (tertiary/aromatic N) is 1. The Hall–Kier alpha value is -1.00. The number of benzene rings is 1. The van der Waals surface area contributed by atoms with Crippen molar-refractivity contribution in [1.82, 2.24) is 10.2 Å². The summed E-state index contributed by atoms with van der Waals surface area (Å²) in [5.41, 5.74) is 0.668. The van der Waals surface area contributed by atoms with E-state index in [0.29, 0.717) is 11.6 Å². The van der Waals surface area contributed by atoms with Gasteiger partial charge in [-0.15, -0.1) is 12.6 Å². The molecular formula is C15H22N2OS. The van der Waals surface area contributed by atoms with Gasteiger partial charge in [-0.1, -0.05) is 19.1 Å². The van der Waals surface area contributed by atoms with Crippen molar-refractivity contribution >= 4 is 18.5 Å². The van der Waals surface area contributed by atoms with E-state index in [2.05, 4.69) is 29.8 Å². The second-order valence-corrected chi connectivity index (χ2v) is 5.59. The van der Waals surface area contributed by atoms with E-state index in [1.54, 1.807) is 0 Å². The molecular weight excluding hydrogens is 256 g/mol. The van der Waals surface area contributed by atoms with Crippen LogP contribution in [0.25, 0.3) is 0 Å². The third-order valence-corrected chi connectivity index (χ3v) is 4.00. The van der Waals surface area contributed by atoms with Crippen LogP contribution in [0.4, 0.5) is 0 Å². The summed E-state index contributed by atoms with van der Waals surface area (Å²) in [5, 5.41) is 3.12. The summed E-state index contributed by atoms with van der Waals surface area (Å²) in [5.74, 6) is -0.000425. The van der Waals surface area contributed by atoms with E-state index in [1.165, 1.54) is 13.0 Å². The van der Waals surface area contributed by atoms with Gasteiger partial charge in [0.1, 0.15) is 0 Å². The number of piperidine rings is 1. The van der Waals surface area contributed by atoms with Crippen LogP contribution in [0, 0.1) is 0 Å². The third-order valence-electron chi connectivity index (χ3n) is 3.61. The van der Waals surface area contributed by atoms with Crippen molar-refractivity contribution in [3.8, 4) is 0 Å². The molecule has 1 saturated heterocycles. The number of carbonyl (C=O) groups is 1. The second kappa shape index (κ2) is 6.96. The van der Waals surface area contributed by atoms with E-state index < -0.39 is 0 Å². The summed E-state index contributed by atoms with van der Waals surface area (Å²) in [6, 6.07) is 7.74. The average molecular weight is 278 g/mol. The molecule has 0 spiro atoms. The highest BCUT2D eigenvalue weighted by Gasteiger charge is 2.21. The molecule has 0 bridgehead atoms. The molecule has 1 aliphatic heterocycles. The van der Waals surface area contributed by atoms with Gasteiger partial charge in [-0.25, -0.2) is 0 Å². The molecule has 1 aromatic rings. The van der Waals surface area contributed by atoms with Gasteiger partial charge >= 0.3 is 0 Å². The molecule has 3 nitrogen and oxygen atoms in total. The summed E-state index contributed by atoms with van der Waals surface area (Å²) in [6.45, 7) is 5.54. The van der Waals surface area contributed by atoms with Crippen molar-refractivity contribution in [2.75, 3.05) is 19.6 Å². The zero-order valence-electron chi connectivity index (χ0n) is 11.4. The van der Waals surface area contributed by atoms with Gasteiger partial charge in [-0.2, -0.15) is 0 Å². The van der Waals surface area contributed by atoms with Crippen LogP contribution in [0.1, 0.15) is 36.5 Å². The first-order valence-corrected chi connectivity index (χ1v) is 7.46. The number of hydrogen-bond donors (Lipinski definition) is 2. The van der Waals surface area contributed by atoms with Crippen LogP contribution in [0.3, 0.4) is 0 Å². The lowest BCUT2D eigenvalue weighted by atomic mass is 10.0. The van der Waals surface area contributed by atoms with Gasteiger partial charge in [0.25, 0.3) is 5.91 Å². The number of amides is 1. The molecule has 0 aromatic heterocycles. The smallest absolute Gasteiger partial charge is 0.252 e. The van der Waals surface area contributed by atoms with Crippen LogP contribution < -0.4 is 5.32 Å². The minimum absolute atomic E-state index is 0.000425. The Bertz CT molecular complexity index is 428. The molecule has 0 aliphatic carbocycles. The molecule has 1 fully saturated rings. The highest BCUT2D eigenvalue weighted by Crippen LogP contribution is 2.15. The topological polar surface area (TPSA) is 32.3 Å². The fourth-order valence-electron chi connectivity index (χ4n) is 2.55. The first-order chi connectivity index (χ1) is 9.20. The first-order valence-electron chi connectivity index (χ1n) is 7.02. The SMILES string of the molecule is CCCN1CCC(NC(=O)c2ccccc2S)CC1. The normalized spacial score (nSPS) is 17.4. The van der Waals surface area contributed by atoms with Crippen molar-refractivity contribution in [2.45, 2.75) is 37.1 Å². The predicted octanol–water partition coefficient (Wildman–Crippen LogP) is 2.58. The summed E-state index contributed by atoms with van der Waals surface area (Å²) in [7, 11) is 0. The number of likely N-dealkylation sites (tertiary alicyclic amines) is 1. The van der Waals surface area contributed by atoms with E-state index in [4.69, 9.17) is 0 Å². The molecule has 19 heavy (non-hydrogen) atoms. The first kappa shape index (κ1) is 14.4. The molecule has 1 heterocycles. The monoisotopic (exact) mass is 278 g/mol. The lowest BCUT2D eigenvalue weighted by molar-refractivity contribution is 0.0908. The number of thiol groups is 1. The van der Waals surface area contributed by atoms with Crippen LogP contribution in [0.15, 0.2) is 29.2 Å². The second-order valence-electron chi connectivity index (χ2n) is 5.11. The Morgan fingerprint density at radius 1 is 1.37 bits per heavy atom. The Labute approximate surface area is 120 Å². The highest BCUT2D eigenvalue weighted by molar-refractivity contribution is 7.80. The van der Waals surface area contributed by atoms with Crippen molar-refractivity contribution in [1.29, 1.82) is 0 Å². The van der Waals surface area contributed by atoms with Crippen LogP contribution in [-0.2, 0) is 0 Å². The molecule has 0 atom stereocenters. The van der Waals surface area contributed by atoms with E-state index >= 15 is 0 Å². The van der Waals surface area contributed by atoms with Gasteiger partial charge in [0.05, 0.1) is 5.56 Å². The lowest BCUT2D eigenvalue weighted by Gasteiger charge is -2.32. The molecule has 1 amide bonds. The Morgan fingerprint density at radius 3 is 2.68 bits per heavy atom. The van der Waals surface area contributed by atoms with Crippen LogP contribution in [0.5, 0.6) is 0 Å². The number of rotatable bonds is 4. The maximum Gasteiger partial charge on any atom is 0.252 e. The van der Waals surface area contributed by atoms with Crippen molar-refractivity contribution < 1.29 is 4.79 Å². The fraction of sp³-hybridized carbons (Fsp3) is 0.533. The molecule has 1 aromatic carbocycles. The van der Waals surface area contributed by atoms with E-state index in [1.807, 2.05) is 24.3 Å². The van der Waals surface area contributed by atoms with E-state index in [0.717, 1.165) is 30.8 Å². The van der Waals surface area contributed by atoms with Gasteiger partial charge in [0, 0.05) is 24.0 Å². The van der Waals surface area contributed by atoms with E-state index in [9.17, 15) is 4.79 Å². The maximum absolute atomic E-state index is 12.2. The van der Waals surface area contributed by atoms with Crippen LogP contribution in [-0.4, -0.2) is 36.5 Å². The average Bonchev–Trinajstić information content (AvgIpc) is 2.42. The number of carbonyl (C=O) groups excluding carboxylic acids is 1. The van der Waals surface area contributed by atoms with Crippen molar-refractivity contribution in [3.63, 3.8) is 0 Å². The predicted molar refractivity (Wildman–Crippen MR) is 80.9 cm³/mol. The van der Waals surface area contributed by atoms with Gasteiger partial charge in [-0.3, -0.25) is 4.79 Å². The van der Waals surface area contributed by atoms with Gasteiger partial charge in [-0.05, 0) is 37.9 Å². The molecule has 0 unspecified atom stereocenters. The molecule has 0 radical (unpaired) electrons. The molecule has 1 N–H and O–H groups in total. The van der Waals surface area contributed by atoms with E-state index in [-0.39, 0.29) is 5.91 Å². The fourth-order valence-corrected chi connectivity index (χ4v) is 2.81. The maximum atomic E-state index is 12.2. The van der Waals surface area contributed by atoms with Crippen molar-refractivity contribution in [2.24, 2.45) is 0 Å². The van der Waals surface area contributed by atoms with Crippen LogP contribution in [0.2, 0.25) is 0 Å². The summed E-state index contributed by atoms with van der Waals surface area (Å²) in [4.78, 5) is 15.4. The zero-order valence-corrected chi connectivity index (χ0v) is 12.3. The van der Waals surface area contributed by atoms with Crippen LogP contribution >= 0.6 is 12.6 Å². The Balaban J connectivity index is 1.86. The minimum Gasteiger partial charge on any atom is -0.349 e. The summed E-state index contributed by atoms with van der Waals surface area (Å²) in [6.07, 6.45) is 3.28. The minimum atomic E-state index is -0.000425. The van der Waals surface area contributed by atoms with Gasteiger partial charge in [0.15, 0.2) is 0 Å². The Kier molecular flexibility index (Phi) is 5.28. The summed E-state index contributed by atoms with van der Waals surface area (Å²) >= 11 is 4.33. The largest absolute Gasteiger partial charge is 0.349 e. The van der Waals surface area contributed by atoms with Gasteiger partial charge in [0.2, 0.25) is 0 Å².